The first-order valence-corrected chi connectivity index (χ1v) is 8.48. The largest absolute Gasteiger partial charge is 0.508 e. The second-order valence-electron chi connectivity index (χ2n) is 6.36. The molecule has 4 rings (SSSR count). The normalized spacial score (nSPS) is 12.8. The number of phenols is 1. The van der Waals surface area contributed by atoms with Crippen molar-refractivity contribution in [2.45, 2.75) is 0 Å². The fraction of sp³-hybridized carbons (Fsp3) is 0. The highest BCUT2D eigenvalue weighted by Crippen LogP contribution is 2.31. The van der Waals surface area contributed by atoms with Crippen LogP contribution in [0.25, 0.3) is 0 Å². The quantitative estimate of drug-likeness (QED) is 0.317. The Labute approximate surface area is 163 Å². The first-order valence-electron chi connectivity index (χ1n) is 8.48. The summed E-state index contributed by atoms with van der Waals surface area (Å²) in [5.41, 5.74) is 0.397. The molecule has 1 aliphatic rings. The maximum Gasteiger partial charge on any atom is 0.270 e. The average molecular weight is 388 g/mol. The number of nitro groups is 1. The Kier molecular flexibility index (Phi) is 4.16. The van der Waals surface area contributed by atoms with Crippen molar-refractivity contribution in [3.63, 3.8) is 0 Å². The molecule has 0 fully saturated rings. The van der Waals surface area contributed by atoms with Crippen molar-refractivity contribution >= 4 is 29.0 Å². The Hall–Kier alpha value is -4.33. The van der Waals surface area contributed by atoms with E-state index in [-0.39, 0.29) is 39.4 Å². The van der Waals surface area contributed by atoms with Crippen LogP contribution in [0.2, 0.25) is 0 Å². The lowest BCUT2D eigenvalue weighted by Gasteiger charge is -2.13. The fourth-order valence-corrected chi connectivity index (χ4v) is 3.18. The number of amides is 2. The number of carbonyl (C=O) groups is 3. The lowest BCUT2D eigenvalue weighted by Crippen LogP contribution is -2.29. The summed E-state index contributed by atoms with van der Waals surface area (Å²) < 4.78 is 0. The minimum absolute atomic E-state index is 0.0506. The molecular weight excluding hydrogens is 376 g/mol. The van der Waals surface area contributed by atoms with Gasteiger partial charge in [-0.3, -0.25) is 24.5 Å². The van der Waals surface area contributed by atoms with Crippen LogP contribution < -0.4 is 4.90 Å². The number of phenolic OH excluding ortho intramolecular Hbond substituents is 1. The van der Waals surface area contributed by atoms with Gasteiger partial charge in [0.1, 0.15) is 5.75 Å². The third-order valence-electron chi connectivity index (χ3n) is 4.56. The van der Waals surface area contributed by atoms with E-state index in [0.717, 1.165) is 11.0 Å². The number of hydrogen-bond acceptors (Lipinski definition) is 6. The Morgan fingerprint density at radius 2 is 1.55 bits per heavy atom. The zero-order chi connectivity index (χ0) is 20.7. The van der Waals surface area contributed by atoms with Crippen molar-refractivity contribution < 1.29 is 24.4 Å². The van der Waals surface area contributed by atoms with Crippen LogP contribution in [-0.4, -0.2) is 27.6 Å². The number of aromatic hydroxyl groups is 1. The summed E-state index contributed by atoms with van der Waals surface area (Å²) in [6.45, 7) is 0. The Morgan fingerprint density at radius 3 is 2.28 bits per heavy atom. The molecule has 0 bridgehead atoms. The number of fused-ring (bicyclic) bond motifs is 1. The number of ketones is 1. The average Bonchev–Trinajstić information content (AvgIpc) is 2.97. The molecule has 3 aromatic rings. The van der Waals surface area contributed by atoms with Crippen LogP contribution in [0.1, 0.15) is 36.6 Å². The summed E-state index contributed by atoms with van der Waals surface area (Å²) in [4.78, 5) is 49.4. The monoisotopic (exact) mass is 388 g/mol. The van der Waals surface area contributed by atoms with Crippen molar-refractivity contribution in [3.8, 4) is 5.75 Å². The van der Waals surface area contributed by atoms with Crippen LogP contribution in [0.15, 0.2) is 66.7 Å². The van der Waals surface area contributed by atoms with E-state index < -0.39 is 22.5 Å². The molecule has 0 saturated heterocycles. The Bertz CT molecular complexity index is 1220. The van der Waals surface area contributed by atoms with Crippen molar-refractivity contribution in [2.75, 3.05) is 4.90 Å². The summed E-state index contributed by atoms with van der Waals surface area (Å²) in [6, 6.07) is 15.1. The molecule has 1 aliphatic heterocycles. The van der Waals surface area contributed by atoms with E-state index >= 15 is 0 Å². The summed E-state index contributed by atoms with van der Waals surface area (Å²) in [6.07, 6.45) is 0. The number of nitrogens with zero attached hydrogens (tertiary/aromatic N) is 2. The number of benzene rings is 3. The summed E-state index contributed by atoms with van der Waals surface area (Å²) in [5.74, 6) is -1.79. The van der Waals surface area contributed by atoms with E-state index in [4.69, 9.17) is 0 Å². The molecule has 0 atom stereocenters. The van der Waals surface area contributed by atoms with E-state index in [1.807, 2.05) is 0 Å². The first kappa shape index (κ1) is 18.1. The van der Waals surface area contributed by atoms with Gasteiger partial charge in [0.15, 0.2) is 5.78 Å². The van der Waals surface area contributed by atoms with Gasteiger partial charge in [-0.2, -0.15) is 0 Å². The van der Waals surface area contributed by atoms with Gasteiger partial charge in [0, 0.05) is 29.3 Å². The fourth-order valence-electron chi connectivity index (χ4n) is 3.18. The molecule has 8 heteroatoms. The van der Waals surface area contributed by atoms with Crippen molar-refractivity contribution in [3.05, 3.63) is 99.1 Å². The predicted molar refractivity (Wildman–Crippen MR) is 102 cm³/mol. The van der Waals surface area contributed by atoms with Crippen LogP contribution in [-0.2, 0) is 0 Å². The van der Waals surface area contributed by atoms with Gasteiger partial charge in [-0.25, -0.2) is 4.90 Å². The minimum Gasteiger partial charge on any atom is -0.508 e. The predicted octanol–water partition coefficient (Wildman–Crippen LogP) is 3.33. The maximum absolute atomic E-state index is 12.8. The van der Waals surface area contributed by atoms with E-state index in [1.165, 1.54) is 60.7 Å². The van der Waals surface area contributed by atoms with Gasteiger partial charge in [-0.1, -0.05) is 24.3 Å². The summed E-state index contributed by atoms with van der Waals surface area (Å²) in [5, 5.41) is 20.6. The Balaban J connectivity index is 1.72. The van der Waals surface area contributed by atoms with E-state index in [2.05, 4.69) is 0 Å². The summed E-state index contributed by atoms with van der Waals surface area (Å²) in [7, 11) is 0. The molecule has 0 saturated carbocycles. The first-order chi connectivity index (χ1) is 13.9. The van der Waals surface area contributed by atoms with Gasteiger partial charge in [0.05, 0.1) is 21.7 Å². The van der Waals surface area contributed by atoms with Gasteiger partial charge in [0.2, 0.25) is 0 Å². The highest BCUT2D eigenvalue weighted by atomic mass is 16.6. The van der Waals surface area contributed by atoms with Crippen LogP contribution in [0.4, 0.5) is 11.4 Å². The highest BCUT2D eigenvalue weighted by molar-refractivity contribution is 6.35. The number of non-ortho nitro benzene ring substituents is 1. The van der Waals surface area contributed by atoms with Crippen molar-refractivity contribution in [1.82, 2.24) is 0 Å². The number of hydrogen-bond donors (Lipinski definition) is 1. The molecule has 0 aliphatic carbocycles. The second-order valence-corrected chi connectivity index (χ2v) is 6.36. The van der Waals surface area contributed by atoms with Gasteiger partial charge in [-0.15, -0.1) is 0 Å². The van der Waals surface area contributed by atoms with Crippen LogP contribution in [0.5, 0.6) is 5.75 Å². The molecule has 1 heterocycles. The molecule has 142 valence electrons. The van der Waals surface area contributed by atoms with E-state index in [0.29, 0.717) is 0 Å². The molecule has 1 N–H and O–H groups in total. The topological polar surface area (TPSA) is 118 Å². The lowest BCUT2D eigenvalue weighted by atomic mass is 9.99. The number of nitro benzene ring substituents is 1. The zero-order valence-electron chi connectivity index (χ0n) is 14.7. The van der Waals surface area contributed by atoms with Crippen molar-refractivity contribution in [2.24, 2.45) is 0 Å². The molecule has 2 amide bonds. The van der Waals surface area contributed by atoms with Gasteiger partial charge >= 0.3 is 0 Å². The third-order valence-corrected chi connectivity index (χ3v) is 4.56. The molecule has 0 aromatic heterocycles. The van der Waals surface area contributed by atoms with Gasteiger partial charge in [-0.05, 0) is 24.3 Å². The molecule has 0 spiro atoms. The van der Waals surface area contributed by atoms with Crippen LogP contribution in [0.3, 0.4) is 0 Å². The second kappa shape index (κ2) is 6.68. The van der Waals surface area contributed by atoms with E-state index in [1.54, 1.807) is 0 Å². The number of anilines is 1. The number of imide groups is 1. The molecule has 0 unspecified atom stereocenters. The molecule has 3 aromatic carbocycles. The van der Waals surface area contributed by atoms with Crippen LogP contribution in [0, 0.1) is 10.1 Å². The third kappa shape index (κ3) is 3.02. The number of carbonyl (C=O) groups excluding carboxylic acids is 3. The molecular formula is C21H12N2O6. The Morgan fingerprint density at radius 1 is 0.862 bits per heavy atom. The lowest BCUT2D eigenvalue weighted by molar-refractivity contribution is -0.384. The van der Waals surface area contributed by atoms with Gasteiger partial charge in [0.25, 0.3) is 17.5 Å². The highest BCUT2D eigenvalue weighted by Gasteiger charge is 2.37. The molecule has 0 radical (unpaired) electrons. The van der Waals surface area contributed by atoms with Crippen molar-refractivity contribution in [1.29, 1.82) is 0 Å². The zero-order valence-corrected chi connectivity index (χ0v) is 14.7. The SMILES string of the molecule is O=C(c1cccc([N+](=O)[O-])c1)c1ccc2c(c1)C(=O)N(c1cccc(O)c1)C2=O. The smallest absolute Gasteiger partial charge is 0.270 e. The van der Waals surface area contributed by atoms with Gasteiger partial charge < -0.3 is 5.11 Å². The molecule has 8 nitrogen and oxygen atoms in total. The maximum atomic E-state index is 12.8. The number of rotatable bonds is 4. The standard InChI is InChI=1S/C21H12N2O6/c24-16-6-2-4-14(11-16)22-20(26)17-8-7-13(10-18(17)21(22)27)19(25)12-3-1-5-15(9-12)23(28)29/h1-11,24H. The summed E-state index contributed by atoms with van der Waals surface area (Å²) >= 11 is 0. The van der Waals surface area contributed by atoms with Crippen LogP contribution >= 0.6 is 0 Å². The van der Waals surface area contributed by atoms with E-state index in [9.17, 15) is 29.6 Å². The molecule has 29 heavy (non-hydrogen) atoms. The minimum atomic E-state index is -0.621.